The number of rotatable bonds is 5. The Kier molecular flexibility index (Phi) is 6.24. The molecule has 0 aromatic rings. The average Bonchev–Trinajstić information content (AvgIpc) is 2.01. The van der Waals surface area contributed by atoms with Crippen LogP contribution < -0.4 is 5.32 Å². The first-order valence-corrected chi connectivity index (χ1v) is 4.64. The summed E-state index contributed by atoms with van der Waals surface area (Å²) in [6, 6.07) is 0.242. The summed E-state index contributed by atoms with van der Waals surface area (Å²) in [4.78, 5) is 13.2. The average molecular weight is 184 g/mol. The number of nitrogens with one attached hydrogen (secondary N) is 1. The quantitative estimate of drug-likeness (QED) is 0.647. The molecule has 0 spiro atoms. The molecule has 1 atom stereocenters. The van der Waals surface area contributed by atoms with E-state index in [1.165, 1.54) is 0 Å². The van der Waals surface area contributed by atoms with Crippen LogP contribution in [0.25, 0.3) is 0 Å². The van der Waals surface area contributed by atoms with Crippen molar-refractivity contribution in [1.29, 1.82) is 0 Å². The normalized spacial score (nSPS) is 13.6. The van der Waals surface area contributed by atoms with Gasteiger partial charge in [-0.15, -0.1) is 0 Å². The van der Waals surface area contributed by atoms with Crippen LogP contribution in [0.4, 0.5) is 0 Å². The Morgan fingerprint density at radius 2 is 2.15 bits per heavy atom. The Hall–Kier alpha value is -0.830. The summed E-state index contributed by atoms with van der Waals surface area (Å²) in [7, 11) is 4.06. The Bertz CT molecular complexity index is 176. The molecule has 0 aliphatic rings. The molecule has 1 amide bonds. The first-order valence-electron chi connectivity index (χ1n) is 4.64. The monoisotopic (exact) mass is 184 g/mol. The molecule has 0 aliphatic carbocycles. The van der Waals surface area contributed by atoms with Crippen LogP contribution in [-0.2, 0) is 4.79 Å². The lowest BCUT2D eigenvalue weighted by Crippen LogP contribution is -2.33. The minimum Gasteiger partial charge on any atom is -0.350 e. The van der Waals surface area contributed by atoms with E-state index in [0.29, 0.717) is 0 Å². The van der Waals surface area contributed by atoms with Gasteiger partial charge in [-0.2, -0.15) is 0 Å². The molecule has 0 saturated carbocycles. The van der Waals surface area contributed by atoms with Crippen molar-refractivity contribution in [3.05, 3.63) is 12.2 Å². The van der Waals surface area contributed by atoms with E-state index in [2.05, 4.69) is 10.2 Å². The first kappa shape index (κ1) is 12.2. The van der Waals surface area contributed by atoms with Crippen molar-refractivity contribution in [2.75, 3.05) is 20.6 Å². The Morgan fingerprint density at radius 3 is 2.62 bits per heavy atom. The predicted molar refractivity (Wildman–Crippen MR) is 55.6 cm³/mol. The maximum absolute atomic E-state index is 11.1. The second-order valence-electron chi connectivity index (χ2n) is 3.50. The topological polar surface area (TPSA) is 32.3 Å². The van der Waals surface area contributed by atoms with E-state index in [9.17, 15) is 4.79 Å². The van der Waals surface area contributed by atoms with Gasteiger partial charge >= 0.3 is 0 Å². The highest BCUT2D eigenvalue weighted by Gasteiger charge is 2.03. The van der Waals surface area contributed by atoms with E-state index < -0.39 is 0 Å². The molecule has 13 heavy (non-hydrogen) atoms. The zero-order valence-electron chi connectivity index (χ0n) is 9.00. The lowest BCUT2D eigenvalue weighted by Gasteiger charge is -2.15. The van der Waals surface area contributed by atoms with Crippen LogP contribution in [0.3, 0.4) is 0 Å². The van der Waals surface area contributed by atoms with E-state index in [-0.39, 0.29) is 11.9 Å². The van der Waals surface area contributed by atoms with E-state index in [1.54, 1.807) is 12.2 Å². The third-order valence-electron chi connectivity index (χ3n) is 1.72. The van der Waals surface area contributed by atoms with Crippen molar-refractivity contribution in [3.8, 4) is 0 Å². The van der Waals surface area contributed by atoms with Crippen LogP contribution in [0.2, 0.25) is 0 Å². The van der Waals surface area contributed by atoms with Gasteiger partial charge in [0.05, 0.1) is 0 Å². The third-order valence-corrected chi connectivity index (χ3v) is 1.72. The second-order valence-corrected chi connectivity index (χ2v) is 3.50. The fourth-order valence-electron chi connectivity index (χ4n) is 0.966. The molecule has 76 valence electrons. The first-order chi connectivity index (χ1) is 6.06. The van der Waals surface area contributed by atoms with Crippen molar-refractivity contribution >= 4 is 5.91 Å². The van der Waals surface area contributed by atoms with Crippen LogP contribution in [-0.4, -0.2) is 37.5 Å². The van der Waals surface area contributed by atoms with E-state index in [4.69, 9.17) is 0 Å². The lowest BCUT2D eigenvalue weighted by molar-refractivity contribution is -0.117. The maximum Gasteiger partial charge on any atom is 0.243 e. The summed E-state index contributed by atoms with van der Waals surface area (Å²) in [5, 5.41) is 2.88. The third kappa shape index (κ3) is 7.53. The highest BCUT2D eigenvalue weighted by molar-refractivity contribution is 5.87. The Balaban J connectivity index is 3.61. The summed E-state index contributed by atoms with van der Waals surface area (Å²) in [5.74, 6) is -0.00578. The number of allylic oxidation sites excluding steroid dienone is 1. The van der Waals surface area contributed by atoms with Gasteiger partial charge in [0.2, 0.25) is 5.91 Å². The Labute approximate surface area is 80.8 Å². The molecule has 0 aromatic heterocycles. The molecule has 0 aromatic carbocycles. The van der Waals surface area contributed by atoms with Gasteiger partial charge in [0, 0.05) is 6.04 Å². The second kappa shape index (κ2) is 6.66. The summed E-state index contributed by atoms with van der Waals surface area (Å²) in [6.45, 7) is 4.85. The molecular weight excluding hydrogens is 164 g/mol. The van der Waals surface area contributed by atoms with Crippen molar-refractivity contribution < 1.29 is 4.79 Å². The van der Waals surface area contributed by atoms with Crippen molar-refractivity contribution in [2.24, 2.45) is 0 Å². The SMILES string of the molecule is CC=CC(=O)NC(C)CCN(C)C. The zero-order valence-corrected chi connectivity index (χ0v) is 9.00. The van der Waals surface area contributed by atoms with Crippen LogP contribution >= 0.6 is 0 Å². The van der Waals surface area contributed by atoms with E-state index in [0.717, 1.165) is 13.0 Å². The summed E-state index contributed by atoms with van der Waals surface area (Å²) >= 11 is 0. The molecular formula is C10H20N2O. The molecule has 0 aliphatic heterocycles. The van der Waals surface area contributed by atoms with Gasteiger partial charge in [0.15, 0.2) is 0 Å². The minimum atomic E-state index is -0.00578. The fourth-order valence-corrected chi connectivity index (χ4v) is 0.966. The molecule has 0 saturated heterocycles. The van der Waals surface area contributed by atoms with Gasteiger partial charge in [0.1, 0.15) is 0 Å². The Morgan fingerprint density at radius 1 is 1.54 bits per heavy atom. The zero-order chi connectivity index (χ0) is 10.3. The number of hydrogen-bond donors (Lipinski definition) is 1. The molecule has 0 fully saturated rings. The van der Waals surface area contributed by atoms with Crippen molar-refractivity contribution in [1.82, 2.24) is 10.2 Å². The lowest BCUT2D eigenvalue weighted by atomic mass is 10.2. The fraction of sp³-hybridized carbons (Fsp3) is 0.700. The smallest absolute Gasteiger partial charge is 0.243 e. The molecule has 0 bridgehead atoms. The number of carbonyl (C=O) groups excluding carboxylic acids is 1. The number of nitrogens with zero attached hydrogens (tertiary/aromatic N) is 1. The van der Waals surface area contributed by atoms with Gasteiger partial charge in [-0.05, 0) is 47.0 Å². The van der Waals surface area contributed by atoms with Gasteiger partial charge < -0.3 is 10.2 Å². The summed E-state index contributed by atoms with van der Waals surface area (Å²) in [5.41, 5.74) is 0. The van der Waals surface area contributed by atoms with Crippen LogP contribution in [0.15, 0.2) is 12.2 Å². The van der Waals surface area contributed by atoms with Gasteiger partial charge in [-0.25, -0.2) is 0 Å². The van der Waals surface area contributed by atoms with Crippen molar-refractivity contribution in [3.63, 3.8) is 0 Å². The molecule has 1 unspecified atom stereocenters. The number of amides is 1. The minimum absolute atomic E-state index is 0.00578. The summed E-state index contributed by atoms with van der Waals surface area (Å²) in [6.07, 6.45) is 4.27. The van der Waals surface area contributed by atoms with Gasteiger partial charge in [0.25, 0.3) is 0 Å². The molecule has 0 heterocycles. The molecule has 0 radical (unpaired) electrons. The molecule has 3 nitrogen and oxygen atoms in total. The maximum atomic E-state index is 11.1. The van der Waals surface area contributed by atoms with Crippen LogP contribution in [0.5, 0.6) is 0 Å². The number of hydrogen-bond acceptors (Lipinski definition) is 2. The molecule has 0 rings (SSSR count). The van der Waals surface area contributed by atoms with Crippen LogP contribution in [0, 0.1) is 0 Å². The highest BCUT2D eigenvalue weighted by atomic mass is 16.1. The highest BCUT2D eigenvalue weighted by Crippen LogP contribution is 1.92. The molecule has 1 N–H and O–H groups in total. The van der Waals surface area contributed by atoms with Gasteiger partial charge in [-0.3, -0.25) is 4.79 Å². The van der Waals surface area contributed by atoms with Crippen LogP contribution in [0.1, 0.15) is 20.3 Å². The summed E-state index contributed by atoms with van der Waals surface area (Å²) < 4.78 is 0. The standard InChI is InChI=1S/C10H20N2O/c1-5-6-10(13)11-9(2)7-8-12(3)4/h5-6,9H,7-8H2,1-4H3,(H,11,13). The van der Waals surface area contributed by atoms with Gasteiger partial charge in [-0.1, -0.05) is 6.08 Å². The number of carbonyl (C=O) groups is 1. The van der Waals surface area contributed by atoms with E-state index >= 15 is 0 Å². The molecule has 3 heteroatoms. The predicted octanol–water partition coefficient (Wildman–Crippen LogP) is 1.02. The van der Waals surface area contributed by atoms with E-state index in [1.807, 2.05) is 27.9 Å². The largest absolute Gasteiger partial charge is 0.350 e. The van der Waals surface area contributed by atoms with Crippen molar-refractivity contribution in [2.45, 2.75) is 26.3 Å².